The maximum atomic E-state index is 11.7. The summed E-state index contributed by atoms with van der Waals surface area (Å²) in [5, 5.41) is 8.99. The Kier molecular flexibility index (Phi) is 3.84. The zero-order valence-corrected chi connectivity index (χ0v) is 12.0. The molecule has 0 saturated carbocycles. The van der Waals surface area contributed by atoms with Crippen LogP contribution in [0, 0.1) is 11.3 Å². The molecule has 0 amide bonds. The number of ether oxygens (including phenoxy) is 2. The number of fused-ring (bicyclic) bond motifs is 1. The van der Waals surface area contributed by atoms with Crippen molar-refractivity contribution in [2.75, 3.05) is 24.6 Å². The normalized spacial score (nSPS) is 15.8. The van der Waals surface area contributed by atoms with E-state index in [2.05, 4.69) is 6.07 Å². The number of carbonyl (C=O) groups excluding carboxylic acids is 1. The average Bonchev–Trinajstić information content (AvgIpc) is 2.37. The number of anilines is 1. The van der Waals surface area contributed by atoms with Gasteiger partial charge in [-0.25, -0.2) is 0 Å². The fraction of sp³-hybridized carbons (Fsp3) is 0.467. The summed E-state index contributed by atoms with van der Waals surface area (Å²) in [6.45, 7) is 6.79. The molecule has 0 bridgehead atoms. The molecule has 5 nitrogen and oxygen atoms in total. The minimum absolute atomic E-state index is 0.155. The van der Waals surface area contributed by atoms with Crippen LogP contribution in [0.5, 0.6) is 5.75 Å². The van der Waals surface area contributed by atoms with Crippen LogP contribution < -0.4 is 9.64 Å². The van der Waals surface area contributed by atoms with Gasteiger partial charge in [-0.3, -0.25) is 4.79 Å². The van der Waals surface area contributed by atoms with Gasteiger partial charge in [0.05, 0.1) is 30.5 Å². The Labute approximate surface area is 118 Å². The van der Waals surface area contributed by atoms with Crippen molar-refractivity contribution in [2.45, 2.75) is 26.4 Å². The fourth-order valence-electron chi connectivity index (χ4n) is 2.30. The third-order valence-electron chi connectivity index (χ3n) is 3.01. The lowest BCUT2D eigenvalue weighted by Gasteiger charge is -2.40. The van der Waals surface area contributed by atoms with E-state index in [1.165, 1.54) is 0 Å². The van der Waals surface area contributed by atoms with Gasteiger partial charge >= 0.3 is 5.97 Å². The van der Waals surface area contributed by atoms with E-state index in [1.54, 1.807) is 25.1 Å². The summed E-state index contributed by atoms with van der Waals surface area (Å²) in [4.78, 5) is 13.6. The van der Waals surface area contributed by atoms with Gasteiger partial charge in [0.15, 0.2) is 0 Å². The van der Waals surface area contributed by atoms with Gasteiger partial charge in [0, 0.05) is 0 Å². The number of rotatable bonds is 3. The maximum Gasteiger partial charge on any atom is 0.325 e. The number of esters is 1. The zero-order valence-electron chi connectivity index (χ0n) is 12.0. The molecule has 0 aliphatic carbocycles. The summed E-state index contributed by atoms with van der Waals surface area (Å²) in [6, 6.07) is 7.32. The second-order valence-electron chi connectivity index (χ2n) is 5.32. The Morgan fingerprint density at radius 2 is 2.30 bits per heavy atom. The quantitative estimate of drug-likeness (QED) is 0.790. The Bertz CT molecular complexity index is 561. The van der Waals surface area contributed by atoms with Gasteiger partial charge in [0.1, 0.15) is 17.9 Å². The molecule has 0 atom stereocenters. The van der Waals surface area contributed by atoms with Crippen molar-refractivity contribution in [1.82, 2.24) is 0 Å². The number of nitriles is 1. The first-order valence-electron chi connectivity index (χ1n) is 6.59. The maximum absolute atomic E-state index is 11.7. The van der Waals surface area contributed by atoms with Gasteiger partial charge in [-0.05, 0) is 39.0 Å². The third-order valence-corrected chi connectivity index (χ3v) is 3.01. The lowest BCUT2D eigenvalue weighted by Crippen LogP contribution is -2.48. The minimum atomic E-state index is -0.395. The van der Waals surface area contributed by atoms with E-state index in [1.807, 2.05) is 18.7 Å². The number of carbonyl (C=O) groups is 1. The molecular weight excluding hydrogens is 256 g/mol. The van der Waals surface area contributed by atoms with Gasteiger partial charge in [-0.2, -0.15) is 5.26 Å². The molecule has 5 heteroatoms. The molecule has 0 saturated heterocycles. The molecule has 1 aliphatic heterocycles. The van der Waals surface area contributed by atoms with E-state index < -0.39 is 5.60 Å². The van der Waals surface area contributed by atoms with Crippen LogP contribution in [0.25, 0.3) is 0 Å². The summed E-state index contributed by atoms with van der Waals surface area (Å²) in [5.74, 6) is 0.406. The Morgan fingerprint density at radius 1 is 1.55 bits per heavy atom. The smallest absolute Gasteiger partial charge is 0.325 e. The first kappa shape index (κ1) is 14.2. The molecule has 106 valence electrons. The first-order valence-corrected chi connectivity index (χ1v) is 6.59. The number of hydrogen-bond acceptors (Lipinski definition) is 5. The van der Waals surface area contributed by atoms with Crippen LogP contribution in [-0.4, -0.2) is 31.3 Å². The van der Waals surface area contributed by atoms with Crippen molar-refractivity contribution >= 4 is 11.7 Å². The largest absolute Gasteiger partial charge is 0.484 e. The summed E-state index contributed by atoms with van der Waals surface area (Å²) < 4.78 is 10.9. The molecular formula is C15H18N2O3. The molecule has 0 spiro atoms. The predicted octanol–water partition coefficient (Wildman–Crippen LogP) is 2.10. The van der Waals surface area contributed by atoms with E-state index in [4.69, 9.17) is 14.7 Å². The van der Waals surface area contributed by atoms with Crippen LogP contribution in [-0.2, 0) is 9.53 Å². The molecule has 0 radical (unpaired) electrons. The van der Waals surface area contributed by atoms with Crippen molar-refractivity contribution in [3.63, 3.8) is 0 Å². The monoisotopic (exact) mass is 274 g/mol. The number of nitrogens with zero attached hydrogens (tertiary/aromatic N) is 2. The van der Waals surface area contributed by atoms with Crippen LogP contribution in [0.4, 0.5) is 5.69 Å². The number of hydrogen-bond donors (Lipinski definition) is 0. The molecule has 0 N–H and O–H groups in total. The standard InChI is InChI=1S/C15H18N2O3/c1-4-19-14(18)9-17-10-15(2,3)20-13-6-5-11(8-16)7-12(13)17/h5-7H,4,9-10H2,1-3H3. The van der Waals surface area contributed by atoms with Gasteiger partial charge in [0.25, 0.3) is 0 Å². The molecule has 0 unspecified atom stereocenters. The predicted molar refractivity (Wildman–Crippen MR) is 74.7 cm³/mol. The summed E-state index contributed by atoms with van der Waals surface area (Å²) in [7, 11) is 0. The highest BCUT2D eigenvalue weighted by Crippen LogP contribution is 2.37. The van der Waals surface area contributed by atoms with Crippen LogP contribution in [0.3, 0.4) is 0 Å². The summed E-state index contributed by atoms with van der Waals surface area (Å²) in [6.07, 6.45) is 0. The Balaban J connectivity index is 2.32. The molecule has 1 aromatic carbocycles. The Hall–Kier alpha value is -2.22. The van der Waals surface area contributed by atoms with Crippen LogP contribution in [0.15, 0.2) is 18.2 Å². The molecule has 1 aliphatic rings. The molecule has 1 heterocycles. The lowest BCUT2D eigenvalue weighted by atomic mass is 10.0. The highest BCUT2D eigenvalue weighted by Gasteiger charge is 2.32. The second-order valence-corrected chi connectivity index (χ2v) is 5.32. The van der Waals surface area contributed by atoms with Gasteiger partial charge in [-0.1, -0.05) is 0 Å². The highest BCUT2D eigenvalue weighted by atomic mass is 16.5. The van der Waals surface area contributed by atoms with Crippen LogP contribution >= 0.6 is 0 Å². The van der Waals surface area contributed by atoms with Gasteiger partial charge in [-0.15, -0.1) is 0 Å². The molecule has 0 fully saturated rings. The van der Waals surface area contributed by atoms with Gasteiger partial charge < -0.3 is 14.4 Å². The second kappa shape index (κ2) is 5.41. The van der Waals surface area contributed by atoms with Crippen molar-refractivity contribution in [3.05, 3.63) is 23.8 Å². The SMILES string of the molecule is CCOC(=O)CN1CC(C)(C)Oc2ccc(C#N)cc21. The molecule has 2 rings (SSSR count). The molecule has 20 heavy (non-hydrogen) atoms. The number of benzene rings is 1. The van der Waals surface area contributed by atoms with E-state index in [0.29, 0.717) is 24.5 Å². The van der Waals surface area contributed by atoms with E-state index in [9.17, 15) is 4.79 Å². The van der Waals surface area contributed by atoms with E-state index in [0.717, 1.165) is 5.69 Å². The topological polar surface area (TPSA) is 62.6 Å². The van der Waals surface area contributed by atoms with Gasteiger partial charge in [0.2, 0.25) is 0 Å². The minimum Gasteiger partial charge on any atom is -0.484 e. The van der Waals surface area contributed by atoms with Crippen LogP contribution in [0.2, 0.25) is 0 Å². The van der Waals surface area contributed by atoms with Crippen molar-refractivity contribution in [1.29, 1.82) is 5.26 Å². The van der Waals surface area contributed by atoms with Crippen molar-refractivity contribution in [3.8, 4) is 11.8 Å². The summed E-state index contributed by atoms with van der Waals surface area (Å²) >= 11 is 0. The average molecular weight is 274 g/mol. The third kappa shape index (κ3) is 3.02. The first-order chi connectivity index (χ1) is 9.45. The van der Waals surface area contributed by atoms with Crippen molar-refractivity contribution < 1.29 is 14.3 Å². The molecule has 0 aromatic heterocycles. The van der Waals surface area contributed by atoms with Crippen LogP contribution in [0.1, 0.15) is 26.3 Å². The summed E-state index contributed by atoms with van der Waals surface area (Å²) in [5.41, 5.74) is 0.908. The lowest BCUT2D eigenvalue weighted by molar-refractivity contribution is -0.141. The fourth-order valence-corrected chi connectivity index (χ4v) is 2.30. The zero-order chi connectivity index (χ0) is 14.8. The molecule has 1 aromatic rings. The van der Waals surface area contributed by atoms with Crippen molar-refractivity contribution in [2.24, 2.45) is 0 Å². The van der Waals surface area contributed by atoms with E-state index >= 15 is 0 Å². The Morgan fingerprint density at radius 3 is 2.95 bits per heavy atom. The highest BCUT2D eigenvalue weighted by molar-refractivity contribution is 5.78. The van der Waals surface area contributed by atoms with E-state index in [-0.39, 0.29) is 12.5 Å².